The van der Waals surface area contributed by atoms with Gasteiger partial charge in [0.25, 0.3) is 0 Å². The number of nitrogens with one attached hydrogen (secondary N) is 1. The molecule has 0 bridgehead atoms. The van der Waals surface area contributed by atoms with Crippen molar-refractivity contribution in [1.82, 2.24) is 15.5 Å². The average Bonchev–Trinajstić information content (AvgIpc) is 2.86. The number of nitrogens with zero attached hydrogens (tertiary/aromatic N) is 2. The maximum Gasteiger partial charge on any atom is 0.148 e. The molecule has 3 nitrogen and oxygen atoms in total. The summed E-state index contributed by atoms with van der Waals surface area (Å²) in [5, 5.41) is 17.7. The summed E-state index contributed by atoms with van der Waals surface area (Å²) in [6, 6.07) is 2.35. The van der Waals surface area contributed by atoms with Gasteiger partial charge in [-0.25, -0.2) is 0 Å². The predicted octanol–water partition coefficient (Wildman–Crippen LogP) is 2.55. The molecular formula is C9H11N3S2. The summed E-state index contributed by atoms with van der Waals surface area (Å²) < 4.78 is 0. The van der Waals surface area contributed by atoms with Crippen molar-refractivity contribution in [3.63, 3.8) is 0 Å². The van der Waals surface area contributed by atoms with E-state index in [1.54, 1.807) is 22.7 Å². The maximum atomic E-state index is 4.16. The fraction of sp³-hybridized carbons (Fsp3) is 0.333. The molecule has 0 aliphatic rings. The number of thiophene rings is 1. The van der Waals surface area contributed by atoms with Crippen LogP contribution in [0.4, 0.5) is 0 Å². The summed E-state index contributed by atoms with van der Waals surface area (Å²) in [4.78, 5) is 0. The zero-order valence-electron chi connectivity index (χ0n) is 8.02. The molecule has 2 heterocycles. The van der Waals surface area contributed by atoms with Gasteiger partial charge in [0.05, 0.1) is 6.04 Å². The third-order valence-electron chi connectivity index (χ3n) is 2.01. The first-order valence-corrected chi connectivity index (χ1v) is 6.10. The smallest absolute Gasteiger partial charge is 0.148 e. The molecule has 0 fully saturated rings. The number of rotatable bonds is 3. The normalized spacial score (nSPS) is 13.0. The minimum atomic E-state index is 0.278. The summed E-state index contributed by atoms with van der Waals surface area (Å²) in [6.07, 6.45) is 0. The summed E-state index contributed by atoms with van der Waals surface area (Å²) >= 11 is 3.33. The van der Waals surface area contributed by atoms with Crippen LogP contribution in [0.2, 0.25) is 0 Å². The highest BCUT2D eigenvalue weighted by molar-refractivity contribution is 7.15. The Morgan fingerprint density at radius 3 is 2.93 bits per heavy atom. The van der Waals surface area contributed by atoms with Crippen molar-refractivity contribution in [2.45, 2.75) is 13.0 Å². The predicted molar refractivity (Wildman–Crippen MR) is 60.7 cm³/mol. The molecule has 0 radical (unpaired) electrons. The molecule has 0 aromatic carbocycles. The summed E-state index contributed by atoms with van der Waals surface area (Å²) in [6.45, 7) is 2.08. The van der Waals surface area contributed by atoms with Crippen molar-refractivity contribution in [3.8, 4) is 10.6 Å². The van der Waals surface area contributed by atoms with Gasteiger partial charge in [-0.3, -0.25) is 0 Å². The fourth-order valence-corrected chi connectivity index (χ4v) is 2.65. The van der Waals surface area contributed by atoms with Gasteiger partial charge in [0.15, 0.2) is 0 Å². The van der Waals surface area contributed by atoms with Crippen molar-refractivity contribution in [2.75, 3.05) is 7.05 Å². The Morgan fingerprint density at radius 2 is 2.29 bits per heavy atom. The van der Waals surface area contributed by atoms with E-state index in [9.17, 15) is 0 Å². The van der Waals surface area contributed by atoms with Crippen molar-refractivity contribution in [1.29, 1.82) is 0 Å². The first kappa shape index (κ1) is 9.76. The molecule has 0 aliphatic heterocycles. The summed E-state index contributed by atoms with van der Waals surface area (Å²) in [7, 11) is 1.93. The molecule has 0 amide bonds. The Hall–Kier alpha value is -0.780. The first-order chi connectivity index (χ1) is 6.81. The summed E-state index contributed by atoms with van der Waals surface area (Å²) in [5.41, 5.74) is 1.17. The van der Waals surface area contributed by atoms with Crippen LogP contribution in [0, 0.1) is 0 Å². The summed E-state index contributed by atoms with van der Waals surface area (Å²) in [5.74, 6) is 0. The largest absolute Gasteiger partial charge is 0.311 e. The average molecular weight is 225 g/mol. The van der Waals surface area contributed by atoms with Crippen LogP contribution in [0.15, 0.2) is 16.8 Å². The molecule has 1 unspecified atom stereocenters. The van der Waals surface area contributed by atoms with E-state index in [0.717, 1.165) is 10.0 Å². The van der Waals surface area contributed by atoms with Crippen LogP contribution >= 0.6 is 22.7 Å². The second-order valence-electron chi connectivity index (χ2n) is 2.97. The van der Waals surface area contributed by atoms with Gasteiger partial charge < -0.3 is 5.32 Å². The number of hydrogen-bond acceptors (Lipinski definition) is 5. The van der Waals surface area contributed by atoms with Gasteiger partial charge in [0, 0.05) is 10.9 Å². The SMILES string of the molecule is CNC(C)c1nnc(-c2ccsc2)s1. The Labute approximate surface area is 90.8 Å². The second-order valence-corrected chi connectivity index (χ2v) is 4.76. The third kappa shape index (κ3) is 1.84. The first-order valence-electron chi connectivity index (χ1n) is 4.34. The Morgan fingerprint density at radius 1 is 1.43 bits per heavy atom. The van der Waals surface area contributed by atoms with Gasteiger partial charge in [0.2, 0.25) is 0 Å². The van der Waals surface area contributed by atoms with Crippen LogP contribution in [0.3, 0.4) is 0 Å². The lowest BCUT2D eigenvalue weighted by atomic mass is 10.4. The van der Waals surface area contributed by atoms with Gasteiger partial charge in [-0.1, -0.05) is 11.3 Å². The zero-order valence-corrected chi connectivity index (χ0v) is 9.65. The van der Waals surface area contributed by atoms with E-state index in [4.69, 9.17) is 0 Å². The van der Waals surface area contributed by atoms with Crippen molar-refractivity contribution in [2.24, 2.45) is 0 Å². The Kier molecular flexibility index (Phi) is 2.90. The van der Waals surface area contributed by atoms with Crippen molar-refractivity contribution >= 4 is 22.7 Å². The minimum absolute atomic E-state index is 0.278. The molecule has 1 atom stereocenters. The van der Waals surface area contributed by atoms with Crippen LogP contribution < -0.4 is 5.32 Å². The fourth-order valence-electron chi connectivity index (χ4n) is 1.04. The molecule has 74 valence electrons. The highest BCUT2D eigenvalue weighted by Gasteiger charge is 2.11. The Bertz CT molecular complexity index is 394. The lowest BCUT2D eigenvalue weighted by molar-refractivity contribution is 0.640. The minimum Gasteiger partial charge on any atom is -0.311 e. The zero-order chi connectivity index (χ0) is 9.97. The van der Waals surface area contributed by atoms with E-state index in [0.29, 0.717) is 0 Å². The monoisotopic (exact) mass is 225 g/mol. The molecule has 1 N–H and O–H groups in total. The van der Waals surface area contributed by atoms with Crippen molar-refractivity contribution in [3.05, 3.63) is 21.8 Å². The van der Waals surface area contributed by atoms with Crippen LogP contribution in [0.25, 0.3) is 10.6 Å². The third-order valence-corrected chi connectivity index (χ3v) is 3.85. The molecule has 0 saturated heterocycles. The molecule has 0 aliphatic carbocycles. The van der Waals surface area contributed by atoms with E-state index in [-0.39, 0.29) is 6.04 Å². The number of hydrogen-bond donors (Lipinski definition) is 1. The Balaban J connectivity index is 2.26. The standard InChI is InChI=1S/C9H11N3S2/c1-6(10-2)8-11-12-9(14-8)7-3-4-13-5-7/h3-6,10H,1-2H3. The second kappa shape index (κ2) is 4.16. The highest BCUT2D eigenvalue weighted by atomic mass is 32.1. The highest BCUT2D eigenvalue weighted by Crippen LogP contribution is 2.27. The van der Waals surface area contributed by atoms with E-state index in [1.165, 1.54) is 5.56 Å². The molecule has 0 spiro atoms. The lowest BCUT2D eigenvalue weighted by Gasteiger charge is -2.02. The maximum absolute atomic E-state index is 4.16. The van der Waals surface area contributed by atoms with Crippen LogP contribution in [0.1, 0.15) is 18.0 Å². The van der Waals surface area contributed by atoms with E-state index >= 15 is 0 Å². The van der Waals surface area contributed by atoms with E-state index in [2.05, 4.69) is 39.3 Å². The lowest BCUT2D eigenvalue weighted by Crippen LogP contribution is -2.11. The number of aromatic nitrogens is 2. The van der Waals surface area contributed by atoms with E-state index < -0.39 is 0 Å². The molecular weight excluding hydrogens is 214 g/mol. The molecule has 2 rings (SSSR count). The van der Waals surface area contributed by atoms with Gasteiger partial charge in [-0.05, 0) is 25.4 Å². The quantitative estimate of drug-likeness (QED) is 0.872. The molecule has 2 aromatic rings. The molecule has 0 saturated carbocycles. The molecule has 14 heavy (non-hydrogen) atoms. The van der Waals surface area contributed by atoms with Gasteiger partial charge in [-0.15, -0.1) is 10.2 Å². The van der Waals surface area contributed by atoms with Crippen LogP contribution in [-0.2, 0) is 0 Å². The van der Waals surface area contributed by atoms with Gasteiger partial charge in [-0.2, -0.15) is 11.3 Å². The van der Waals surface area contributed by atoms with Crippen molar-refractivity contribution < 1.29 is 0 Å². The molecule has 2 aromatic heterocycles. The van der Waals surface area contributed by atoms with Crippen LogP contribution in [0.5, 0.6) is 0 Å². The van der Waals surface area contributed by atoms with Gasteiger partial charge >= 0.3 is 0 Å². The van der Waals surface area contributed by atoms with Crippen LogP contribution in [-0.4, -0.2) is 17.2 Å². The molecule has 5 heteroatoms. The van der Waals surface area contributed by atoms with E-state index in [1.807, 2.05) is 7.05 Å². The topological polar surface area (TPSA) is 37.8 Å². The van der Waals surface area contributed by atoms with Gasteiger partial charge in [0.1, 0.15) is 10.0 Å².